The lowest BCUT2D eigenvalue weighted by atomic mass is 10.2. The molecule has 0 aliphatic rings. The molecule has 9 heteroatoms. The van der Waals surface area contributed by atoms with Gasteiger partial charge in [0.15, 0.2) is 0 Å². The van der Waals surface area contributed by atoms with E-state index in [-0.39, 0.29) is 26.6 Å². The average molecular weight is 480 g/mol. The molecule has 0 spiro atoms. The summed E-state index contributed by atoms with van der Waals surface area (Å²) in [6.07, 6.45) is 7.22. The Kier molecular flexibility index (Phi) is 11.0. The number of aromatic nitrogens is 1. The second kappa shape index (κ2) is 14.0. The molecular weight excluding hydrogens is 454 g/mol. The van der Waals surface area contributed by atoms with Gasteiger partial charge in [-0.25, -0.2) is 19.9 Å². The van der Waals surface area contributed by atoms with Crippen molar-refractivity contribution in [1.29, 1.82) is 5.26 Å². The second-order valence-electron chi connectivity index (χ2n) is 7.27. The number of rotatable bonds is 12. The summed E-state index contributed by atoms with van der Waals surface area (Å²) >= 11 is 7.14. The molecule has 1 heterocycles. The van der Waals surface area contributed by atoms with Crippen LogP contribution in [0.2, 0.25) is 5.15 Å². The van der Waals surface area contributed by atoms with Crippen LogP contribution in [0.3, 0.4) is 0 Å². The van der Waals surface area contributed by atoms with E-state index in [1.54, 1.807) is 6.07 Å². The number of allylic oxidation sites excluding steroid dienone is 1. The predicted octanol–water partition coefficient (Wildman–Crippen LogP) is 8.43. The first-order valence-corrected chi connectivity index (χ1v) is 12.1. The van der Waals surface area contributed by atoms with Gasteiger partial charge in [0.1, 0.15) is 5.15 Å². The predicted molar refractivity (Wildman–Crippen MR) is 135 cm³/mol. The molecule has 0 atom stereocenters. The Balaban J connectivity index is 2.16. The summed E-state index contributed by atoms with van der Waals surface area (Å²) in [6, 6.07) is 9.66. The molecule has 1 aromatic carbocycles. The molecule has 0 amide bonds. The van der Waals surface area contributed by atoms with Crippen molar-refractivity contribution >= 4 is 45.1 Å². The number of benzene rings is 1. The van der Waals surface area contributed by atoms with E-state index in [0.717, 1.165) is 24.4 Å². The largest absolute Gasteiger partial charge is 0.372 e. The van der Waals surface area contributed by atoms with Crippen molar-refractivity contribution in [3.63, 3.8) is 0 Å². The fourth-order valence-electron chi connectivity index (χ4n) is 3.13. The van der Waals surface area contributed by atoms with Gasteiger partial charge in [-0.05, 0) is 37.1 Å². The summed E-state index contributed by atoms with van der Waals surface area (Å²) in [4.78, 5) is 13.1. The molecule has 170 valence electrons. The highest BCUT2D eigenvalue weighted by molar-refractivity contribution is 7.17. The van der Waals surface area contributed by atoms with E-state index >= 15 is 0 Å². The number of azo groups is 1. The zero-order chi connectivity index (χ0) is 24.1. The number of halogens is 1. The quantitative estimate of drug-likeness (QED) is 0.133. The van der Waals surface area contributed by atoms with Gasteiger partial charge in [-0.1, -0.05) is 51.1 Å². The molecule has 7 nitrogen and oxygen atoms in total. The van der Waals surface area contributed by atoms with Crippen LogP contribution < -0.4 is 4.90 Å². The summed E-state index contributed by atoms with van der Waals surface area (Å²) in [5, 5.41) is 17.7. The Morgan fingerprint density at radius 2 is 1.70 bits per heavy atom. The van der Waals surface area contributed by atoms with E-state index in [1.807, 2.05) is 12.1 Å². The highest BCUT2D eigenvalue weighted by Crippen LogP contribution is 2.37. The lowest BCUT2D eigenvalue weighted by Crippen LogP contribution is -2.25. The van der Waals surface area contributed by atoms with Crippen LogP contribution in [0, 0.1) is 24.5 Å². The van der Waals surface area contributed by atoms with Gasteiger partial charge in [0.05, 0.1) is 29.8 Å². The Bertz CT molecular complexity index is 1070. The highest BCUT2D eigenvalue weighted by Gasteiger charge is 2.18. The van der Waals surface area contributed by atoms with E-state index in [2.05, 4.69) is 55.8 Å². The van der Waals surface area contributed by atoms with Crippen molar-refractivity contribution in [3.05, 3.63) is 62.8 Å². The lowest BCUT2D eigenvalue weighted by molar-refractivity contribution is 0.636. The maximum absolute atomic E-state index is 9.05. The van der Waals surface area contributed by atoms with Crippen LogP contribution in [0.1, 0.15) is 57.2 Å². The summed E-state index contributed by atoms with van der Waals surface area (Å²) < 4.78 is 0. The Morgan fingerprint density at radius 1 is 1.06 bits per heavy atom. The van der Waals surface area contributed by atoms with Crippen LogP contribution in [-0.4, -0.2) is 18.1 Å². The van der Waals surface area contributed by atoms with E-state index in [1.165, 1.54) is 44.2 Å². The standard InChI is InChI=1S/C24H26ClN7S/c1-5-7-9-15-32(16-10-8-6-2)19-13-11-18(12-14-19)30-31-24-29-23(25)22(33-24)21(28-4)20(17-26)27-3/h11-14H,5-10,15-16H2,1-2H3. The number of hydrogen-bond donors (Lipinski definition) is 0. The third-order valence-electron chi connectivity index (χ3n) is 4.87. The van der Waals surface area contributed by atoms with Crippen LogP contribution in [-0.2, 0) is 0 Å². The summed E-state index contributed by atoms with van der Waals surface area (Å²) in [5.74, 6) is 0. The molecule has 0 N–H and O–H groups in total. The van der Waals surface area contributed by atoms with Gasteiger partial charge in [-0.15, -0.1) is 21.6 Å². The summed E-state index contributed by atoms with van der Waals surface area (Å²) in [7, 11) is 0. The first-order valence-electron chi connectivity index (χ1n) is 10.9. The van der Waals surface area contributed by atoms with Gasteiger partial charge in [0, 0.05) is 18.8 Å². The number of nitrogens with zero attached hydrogens (tertiary/aromatic N) is 7. The van der Waals surface area contributed by atoms with Crippen molar-refractivity contribution in [3.8, 4) is 6.07 Å². The molecule has 0 bridgehead atoms. The molecular formula is C24H26ClN7S. The lowest BCUT2D eigenvalue weighted by Gasteiger charge is -2.25. The van der Waals surface area contributed by atoms with Crippen molar-refractivity contribution in [2.75, 3.05) is 18.0 Å². The minimum absolute atomic E-state index is 0.0292. The fourth-order valence-corrected chi connectivity index (χ4v) is 4.23. The van der Waals surface area contributed by atoms with Crippen molar-refractivity contribution in [2.24, 2.45) is 10.2 Å². The zero-order valence-corrected chi connectivity index (χ0v) is 20.5. The molecule has 0 unspecified atom stereocenters. The Hall–Kier alpha value is -3.25. The second-order valence-corrected chi connectivity index (χ2v) is 8.60. The SMILES string of the molecule is [C-]#[N+]C(C#N)=C([N+]#[C-])c1sc(N=Nc2ccc(N(CCCCC)CCCCC)cc2)nc1Cl. The number of thiazole rings is 1. The van der Waals surface area contributed by atoms with Crippen LogP contribution in [0.4, 0.5) is 16.5 Å². The number of unbranched alkanes of at least 4 members (excludes halogenated alkanes) is 4. The number of anilines is 1. The molecule has 0 aliphatic carbocycles. The van der Waals surface area contributed by atoms with E-state index in [9.17, 15) is 0 Å². The van der Waals surface area contributed by atoms with Gasteiger partial charge in [0.25, 0.3) is 5.70 Å². The minimum Gasteiger partial charge on any atom is -0.372 e. The van der Waals surface area contributed by atoms with Crippen LogP contribution >= 0.6 is 22.9 Å². The van der Waals surface area contributed by atoms with Gasteiger partial charge in [-0.3, -0.25) is 0 Å². The molecule has 0 fully saturated rings. The van der Waals surface area contributed by atoms with Crippen LogP contribution in [0.25, 0.3) is 15.4 Å². The minimum atomic E-state index is -0.322. The van der Waals surface area contributed by atoms with Crippen LogP contribution in [0.5, 0.6) is 0 Å². The molecule has 33 heavy (non-hydrogen) atoms. The molecule has 0 saturated heterocycles. The monoisotopic (exact) mass is 479 g/mol. The first kappa shape index (κ1) is 26.0. The average Bonchev–Trinajstić information content (AvgIpc) is 3.20. The van der Waals surface area contributed by atoms with E-state index in [4.69, 9.17) is 30.0 Å². The number of nitriles is 1. The molecule has 0 saturated carbocycles. The van der Waals surface area contributed by atoms with Crippen molar-refractivity contribution in [2.45, 2.75) is 52.4 Å². The fraction of sp³-hybridized carbons (Fsp3) is 0.417. The van der Waals surface area contributed by atoms with Gasteiger partial charge >= 0.3 is 0 Å². The summed E-state index contributed by atoms with van der Waals surface area (Å²) in [5.41, 5.74) is 1.41. The summed E-state index contributed by atoms with van der Waals surface area (Å²) in [6.45, 7) is 20.8. The van der Waals surface area contributed by atoms with E-state index in [0.29, 0.717) is 5.69 Å². The van der Waals surface area contributed by atoms with Crippen molar-refractivity contribution in [1.82, 2.24) is 4.98 Å². The zero-order valence-electron chi connectivity index (χ0n) is 18.9. The van der Waals surface area contributed by atoms with Gasteiger partial charge in [0.2, 0.25) is 10.8 Å². The van der Waals surface area contributed by atoms with Gasteiger partial charge in [-0.2, -0.15) is 0 Å². The molecule has 2 rings (SSSR count). The number of hydrogen-bond acceptors (Lipinski definition) is 6. The highest BCUT2D eigenvalue weighted by atomic mass is 35.5. The van der Waals surface area contributed by atoms with Crippen molar-refractivity contribution < 1.29 is 0 Å². The maximum Gasteiger partial charge on any atom is 0.270 e. The Morgan fingerprint density at radius 3 is 2.21 bits per heavy atom. The molecule has 0 aliphatic heterocycles. The van der Waals surface area contributed by atoms with Crippen LogP contribution in [0.15, 0.2) is 40.2 Å². The normalized spacial score (nSPS) is 11.5. The first-order chi connectivity index (χ1) is 16.1. The Labute approximate surface area is 204 Å². The third-order valence-corrected chi connectivity index (χ3v) is 6.20. The van der Waals surface area contributed by atoms with E-state index < -0.39 is 0 Å². The maximum atomic E-state index is 9.05. The third kappa shape index (κ3) is 7.68. The topological polar surface area (TPSA) is 73.4 Å². The smallest absolute Gasteiger partial charge is 0.270 e. The molecule has 2 aromatic rings. The molecule has 1 aromatic heterocycles. The molecule has 0 radical (unpaired) electrons. The van der Waals surface area contributed by atoms with Gasteiger partial charge < -0.3 is 4.90 Å².